The maximum Gasteiger partial charge on any atom is 0.310 e. The topological polar surface area (TPSA) is 83.5 Å². The predicted octanol–water partition coefficient (Wildman–Crippen LogP) is 0.893. The van der Waals surface area contributed by atoms with E-state index < -0.39 is 17.4 Å². The van der Waals surface area contributed by atoms with Crippen molar-refractivity contribution in [3.63, 3.8) is 0 Å². The van der Waals surface area contributed by atoms with Crippen molar-refractivity contribution in [2.45, 2.75) is 39.2 Å². The lowest BCUT2D eigenvalue weighted by atomic mass is 10.1. The minimum atomic E-state index is -1.75. The largest absolute Gasteiger partial charge is 0.541 e. The SMILES string of the molecule is CCC(C)(C)OC(=O)Cc1ccc(C(=O)C(=O)[O-])cc1. The Morgan fingerprint density at radius 1 is 1.15 bits per heavy atom. The molecule has 0 unspecified atom stereocenters. The van der Waals surface area contributed by atoms with Crippen LogP contribution in [0.4, 0.5) is 0 Å². The van der Waals surface area contributed by atoms with Crippen LogP contribution in [0.15, 0.2) is 24.3 Å². The standard InChI is InChI=1S/C15H18O5/c1-4-15(2,3)20-12(16)9-10-5-7-11(8-6-10)13(17)14(18)19/h5-8H,4,9H2,1-3H3,(H,18,19)/p-1. The first-order valence-electron chi connectivity index (χ1n) is 6.31. The molecular formula is C15H17O5-. The van der Waals surface area contributed by atoms with E-state index in [0.717, 1.165) is 0 Å². The number of carbonyl (C=O) groups excluding carboxylic acids is 3. The Morgan fingerprint density at radius 2 is 1.70 bits per heavy atom. The van der Waals surface area contributed by atoms with Crippen molar-refractivity contribution in [3.05, 3.63) is 35.4 Å². The first-order chi connectivity index (χ1) is 9.25. The van der Waals surface area contributed by atoms with Crippen LogP contribution in [0.1, 0.15) is 43.1 Å². The molecule has 0 atom stereocenters. The lowest BCUT2D eigenvalue weighted by Gasteiger charge is -2.23. The van der Waals surface area contributed by atoms with Crippen LogP contribution < -0.4 is 5.11 Å². The average Bonchev–Trinajstić information content (AvgIpc) is 2.38. The quantitative estimate of drug-likeness (QED) is 0.438. The van der Waals surface area contributed by atoms with Crippen LogP contribution in [0.3, 0.4) is 0 Å². The molecule has 5 nitrogen and oxygen atoms in total. The smallest absolute Gasteiger partial charge is 0.310 e. The molecule has 1 aromatic rings. The fourth-order valence-corrected chi connectivity index (χ4v) is 1.47. The highest BCUT2D eigenvalue weighted by Crippen LogP contribution is 2.15. The first kappa shape index (κ1) is 15.9. The third-order valence-corrected chi connectivity index (χ3v) is 2.99. The van der Waals surface area contributed by atoms with Crippen molar-refractivity contribution in [2.75, 3.05) is 0 Å². The van der Waals surface area contributed by atoms with Crippen molar-refractivity contribution in [1.82, 2.24) is 0 Å². The molecule has 0 N–H and O–H groups in total. The second-order valence-electron chi connectivity index (χ2n) is 5.08. The molecule has 108 valence electrons. The summed E-state index contributed by atoms with van der Waals surface area (Å²) < 4.78 is 5.30. The molecule has 20 heavy (non-hydrogen) atoms. The zero-order valence-corrected chi connectivity index (χ0v) is 11.8. The lowest BCUT2D eigenvalue weighted by molar-refractivity contribution is -0.296. The fraction of sp³-hybridized carbons (Fsp3) is 0.400. The van der Waals surface area contributed by atoms with Gasteiger partial charge in [0.1, 0.15) is 11.6 Å². The number of benzene rings is 1. The molecule has 1 aromatic carbocycles. The van der Waals surface area contributed by atoms with Crippen molar-refractivity contribution in [1.29, 1.82) is 0 Å². The number of carboxylic acid groups (broad SMARTS) is 1. The summed E-state index contributed by atoms with van der Waals surface area (Å²) in [6.45, 7) is 5.58. The summed E-state index contributed by atoms with van der Waals surface area (Å²) in [5.41, 5.74) is 0.162. The maximum absolute atomic E-state index is 11.7. The number of hydrogen-bond acceptors (Lipinski definition) is 5. The monoisotopic (exact) mass is 277 g/mol. The third-order valence-electron chi connectivity index (χ3n) is 2.99. The third kappa shape index (κ3) is 4.50. The van der Waals surface area contributed by atoms with E-state index in [1.54, 1.807) is 0 Å². The molecule has 0 spiro atoms. The van der Waals surface area contributed by atoms with E-state index in [1.165, 1.54) is 24.3 Å². The van der Waals surface area contributed by atoms with E-state index in [0.29, 0.717) is 12.0 Å². The Labute approximate surface area is 117 Å². The molecule has 0 saturated heterocycles. The molecule has 5 heteroatoms. The Kier molecular flexibility index (Phi) is 5.02. The Balaban J connectivity index is 2.69. The normalized spacial score (nSPS) is 10.9. The van der Waals surface area contributed by atoms with E-state index in [4.69, 9.17) is 4.74 Å². The number of carbonyl (C=O) groups is 3. The van der Waals surface area contributed by atoms with Gasteiger partial charge in [-0.05, 0) is 25.8 Å². The molecule has 0 fully saturated rings. The summed E-state index contributed by atoms with van der Waals surface area (Å²) >= 11 is 0. The first-order valence-corrected chi connectivity index (χ1v) is 6.31. The van der Waals surface area contributed by atoms with E-state index in [9.17, 15) is 19.5 Å². The van der Waals surface area contributed by atoms with Gasteiger partial charge in [-0.1, -0.05) is 31.2 Å². The van der Waals surface area contributed by atoms with Gasteiger partial charge in [-0.15, -0.1) is 0 Å². The van der Waals surface area contributed by atoms with Crippen molar-refractivity contribution < 1.29 is 24.2 Å². The van der Waals surface area contributed by atoms with Crippen LogP contribution in [0.5, 0.6) is 0 Å². The minimum Gasteiger partial charge on any atom is -0.541 e. The van der Waals surface area contributed by atoms with Crippen LogP contribution in [0, 0.1) is 0 Å². The highest BCUT2D eigenvalue weighted by molar-refractivity contribution is 6.38. The van der Waals surface area contributed by atoms with Gasteiger partial charge in [0.05, 0.1) is 6.42 Å². The summed E-state index contributed by atoms with van der Waals surface area (Å²) in [4.78, 5) is 33.3. The van der Waals surface area contributed by atoms with Gasteiger partial charge in [0.2, 0.25) is 5.78 Å². The Bertz CT molecular complexity index is 514. The number of carboxylic acids is 1. The number of hydrogen-bond donors (Lipinski definition) is 0. The molecule has 0 amide bonds. The molecule has 0 aromatic heterocycles. The molecule has 0 aliphatic carbocycles. The summed E-state index contributed by atoms with van der Waals surface area (Å²) in [6.07, 6.45) is 0.779. The van der Waals surface area contributed by atoms with E-state index in [2.05, 4.69) is 0 Å². The van der Waals surface area contributed by atoms with Gasteiger partial charge in [-0.2, -0.15) is 0 Å². The van der Waals surface area contributed by atoms with Crippen LogP contribution in [-0.4, -0.2) is 23.3 Å². The molecule has 1 rings (SSSR count). The zero-order valence-electron chi connectivity index (χ0n) is 11.8. The van der Waals surface area contributed by atoms with Gasteiger partial charge in [0, 0.05) is 5.56 Å². The molecule has 0 aliphatic rings. The second-order valence-corrected chi connectivity index (χ2v) is 5.08. The number of Topliss-reactive ketones (excluding diaryl/α,β-unsaturated/α-hetero) is 1. The number of ketones is 1. The second kappa shape index (κ2) is 6.32. The molecule has 0 aliphatic heterocycles. The number of esters is 1. The Hall–Kier alpha value is -2.17. The van der Waals surface area contributed by atoms with Crippen molar-refractivity contribution in [3.8, 4) is 0 Å². The molecule has 0 saturated carbocycles. The minimum absolute atomic E-state index is 0.0241. The van der Waals surface area contributed by atoms with Crippen LogP contribution in [0.25, 0.3) is 0 Å². The maximum atomic E-state index is 11.7. The number of aliphatic carboxylic acids is 1. The van der Waals surface area contributed by atoms with Gasteiger partial charge in [-0.3, -0.25) is 9.59 Å². The lowest BCUT2D eigenvalue weighted by Crippen LogP contribution is -2.31. The fourth-order valence-electron chi connectivity index (χ4n) is 1.47. The van der Waals surface area contributed by atoms with Crippen LogP contribution >= 0.6 is 0 Å². The van der Waals surface area contributed by atoms with E-state index >= 15 is 0 Å². The van der Waals surface area contributed by atoms with Gasteiger partial charge in [0.15, 0.2) is 0 Å². The highest BCUT2D eigenvalue weighted by atomic mass is 16.6. The van der Waals surface area contributed by atoms with E-state index in [1.807, 2.05) is 20.8 Å². The molecule has 0 bridgehead atoms. The summed E-state index contributed by atoms with van der Waals surface area (Å²) in [7, 11) is 0. The number of ether oxygens (including phenoxy) is 1. The summed E-state index contributed by atoms with van der Waals surface area (Å²) in [6, 6.07) is 5.75. The van der Waals surface area contributed by atoms with Crippen LogP contribution in [-0.2, 0) is 20.7 Å². The molecule has 0 radical (unpaired) electrons. The Morgan fingerprint density at radius 3 is 2.15 bits per heavy atom. The van der Waals surface area contributed by atoms with Crippen molar-refractivity contribution in [2.24, 2.45) is 0 Å². The average molecular weight is 277 g/mol. The van der Waals surface area contributed by atoms with Crippen molar-refractivity contribution >= 4 is 17.7 Å². The van der Waals surface area contributed by atoms with Gasteiger partial charge in [-0.25, -0.2) is 0 Å². The van der Waals surface area contributed by atoms with Crippen LogP contribution in [0.2, 0.25) is 0 Å². The summed E-state index contributed by atoms with van der Waals surface area (Å²) in [5.74, 6) is -3.19. The molecular weight excluding hydrogens is 260 g/mol. The highest BCUT2D eigenvalue weighted by Gasteiger charge is 2.20. The van der Waals surface area contributed by atoms with Gasteiger partial charge in [0.25, 0.3) is 0 Å². The van der Waals surface area contributed by atoms with E-state index in [-0.39, 0.29) is 18.0 Å². The molecule has 0 heterocycles. The van der Waals surface area contributed by atoms with Gasteiger partial charge < -0.3 is 14.6 Å². The number of rotatable bonds is 6. The van der Waals surface area contributed by atoms with Gasteiger partial charge >= 0.3 is 5.97 Å². The zero-order chi connectivity index (χ0) is 15.3. The predicted molar refractivity (Wildman–Crippen MR) is 69.9 cm³/mol. The summed E-state index contributed by atoms with van der Waals surface area (Å²) in [5, 5.41) is 10.4.